The second-order valence-corrected chi connectivity index (χ2v) is 8.89. The van der Waals surface area contributed by atoms with Crippen LogP contribution in [0.25, 0.3) is 0 Å². The average Bonchev–Trinajstić information content (AvgIpc) is 2.23. The summed E-state index contributed by atoms with van der Waals surface area (Å²) in [6.45, 7) is 8.00. The molecular formula is C13H28N2O3S. The zero-order chi connectivity index (χ0) is 15.3. The minimum atomic E-state index is -3.19. The van der Waals surface area contributed by atoms with E-state index in [1.165, 1.54) is 6.26 Å². The van der Waals surface area contributed by atoms with Gasteiger partial charge in [-0.2, -0.15) is 0 Å². The van der Waals surface area contributed by atoms with Crippen LogP contribution in [0.1, 0.15) is 40.5 Å². The predicted octanol–water partition coefficient (Wildman–Crippen LogP) is 0.937. The number of rotatable bonds is 8. The van der Waals surface area contributed by atoms with Crippen LogP contribution >= 0.6 is 0 Å². The van der Waals surface area contributed by atoms with Gasteiger partial charge in [-0.05, 0) is 38.6 Å². The fourth-order valence-corrected chi connectivity index (χ4v) is 2.04. The molecule has 0 spiro atoms. The molecule has 0 aliphatic carbocycles. The number of nitrogens with one attached hydrogen (secondary N) is 1. The average molecular weight is 292 g/mol. The quantitative estimate of drug-likeness (QED) is 0.696. The first-order valence-corrected chi connectivity index (χ1v) is 8.55. The van der Waals surface area contributed by atoms with Crippen LogP contribution in [0, 0.1) is 11.8 Å². The van der Waals surface area contributed by atoms with E-state index < -0.39 is 14.6 Å². The zero-order valence-electron chi connectivity index (χ0n) is 12.7. The zero-order valence-corrected chi connectivity index (χ0v) is 13.5. The molecule has 0 bridgehead atoms. The molecule has 1 atom stereocenters. The largest absolute Gasteiger partial charge is 0.355 e. The second kappa shape index (κ2) is 7.24. The summed E-state index contributed by atoms with van der Waals surface area (Å²) in [5.74, 6) is 0.517. The Balaban J connectivity index is 4.33. The molecule has 0 aromatic rings. The van der Waals surface area contributed by atoms with Gasteiger partial charge in [-0.3, -0.25) is 4.79 Å². The minimum absolute atomic E-state index is 0.129. The van der Waals surface area contributed by atoms with Crippen molar-refractivity contribution in [2.24, 2.45) is 17.6 Å². The van der Waals surface area contributed by atoms with Gasteiger partial charge in [0.15, 0.2) is 9.84 Å². The lowest BCUT2D eigenvalue weighted by molar-refractivity contribution is -0.122. The highest BCUT2D eigenvalue weighted by Crippen LogP contribution is 2.16. The summed E-state index contributed by atoms with van der Waals surface area (Å²) in [4.78, 5) is 11.8. The third-order valence-corrected chi connectivity index (χ3v) is 5.48. The van der Waals surface area contributed by atoms with Crippen molar-refractivity contribution in [2.75, 3.05) is 19.3 Å². The molecule has 1 amide bonds. The van der Waals surface area contributed by atoms with E-state index in [0.717, 1.165) is 6.42 Å². The molecule has 0 radical (unpaired) electrons. The fourth-order valence-electron chi connectivity index (χ4n) is 1.71. The van der Waals surface area contributed by atoms with E-state index in [1.807, 2.05) is 0 Å². The van der Waals surface area contributed by atoms with Crippen molar-refractivity contribution in [1.82, 2.24) is 5.32 Å². The van der Waals surface area contributed by atoms with Gasteiger partial charge in [0.05, 0.1) is 4.75 Å². The molecule has 1 unspecified atom stereocenters. The lowest BCUT2D eigenvalue weighted by Crippen LogP contribution is -2.44. The van der Waals surface area contributed by atoms with Crippen molar-refractivity contribution in [3.8, 4) is 0 Å². The Hall–Kier alpha value is -0.620. The number of hydrogen-bond acceptors (Lipinski definition) is 4. The molecule has 5 nitrogen and oxygen atoms in total. The molecule has 19 heavy (non-hydrogen) atoms. The summed E-state index contributed by atoms with van der Waals surface area (Å²) in [5, 5.41) is 2.69. The van der Waals surface area contributed by atoms with Crippen molar-refractivity contribution in [1.29, 1.82) is 0 Å². The maximum absolute atomic E-state index is 11.8. The predicted molar refractivity (Wildman–Crippen MR) is 78.5 cm³/mol. The highest BCUT2D eigenvalue weighted by atomic mass is 32.2. The molecule has 0 aromatic carbocycles. The molecule has 0 rings (SSSR count). The maximum atomic E-state index is 11.8. The van der Waals surface area contributed by atoms with E-state index in [1.54, 1.807) is 13.8 Å². The van der Waals surface area contributed by atoms with Gasteiger partial charge in [0, 0.05) is 19.2 Å². The molecule has 0 aliphatic rings. The summed E-state index contributed by atoms with van der Waals surface area (Å²) < 4.78 is 22.1. The van der Waals surface area contributed by atoms with Gasteiger partial charge in [0.2, 0.25) is 5.91 Å². The van der Waals surface area contributed by atoms with Gasteiger partial charge in [-0.15, -0.1) is 0 Å². The Bertz CT molecular complexity index is 389. The minimum Gasteiger partial charge on any atom is -0.355 e. The number of carbonyl (C=O) groups is 1. The number of carbonyl (C=O) groups excluding carboxylic acids is 1. The van der Waals surface area contributed by atoms with Crippen LogP contribution in [0.3, 0.4) is 0 Å². The Morgan fingerprint density at radius 2 is 1.84 bits per heavy atom. The van der Waals surface area contributed by atoms with Crippen LogP contribution in [0.5, 0.6) is 0 Å². The van der Waals surface area contributed by atoms with Gasteiger partial charge < -0.3 is 11.1 Å². The second-order valence-electron chi connectivity index (χ2n) is 6.24. The molecular weight excluding hydrogens is 264 g/mol. The Kier molecular flexibility index (Phi) is 7.00. The van der Waals surface area contributed by atoms with E-state index in [0.29, 0.717) is 18.9 Å². The molecule has 0 fully saturated rings. The SMILES string of the molecule is CC(C)CC(CN)CC(=O)NCC(C)(C)S(C)(=O)=O. The van der Waals surface area contributed by atoms with Crippen LogP contribution in [0.4, 0.5) is 0 Å². The lowest BCUT2D eigenvalue weighted by Gasteiger charge is -2.23. The summed E-state index contributed by atoms with van der Waals surface area (Å²) in [5.41, 5.74) is 5.64. The standard InChI is InChI=1S/C13H28N2O3S/c1-10(2)6-11(8-14)7-12(16)15-9-13(3,4)19(5,17)18/h10-11H,6-9,14H2,1-5H3,(H,15,16). The van der Waals surface area contributed by atoms with Crippen LogP contribution in [0.15, 0.2) is 0 Å². The van der Waals surface area contributed by atoms with Crippen molar-refractivity contribution >= 4 is 15.7 Å². The van der Waals surface area contributed by atoms with Gasteiger partial charge in [0.1, 0.15) is 0 Å². The van der Waals surface area contributed by atoms with E-state index in [-0.39, 0.29) is 18.4 Å². The molecule has 0 heterocycles. The van der Waals surface area contributed by atoms with Crippen molar-refractivity contribution < 1.29 is 13.2 Å². The smallest absolute Gasteiger partial charge is 0.220 e. The highest BCUT2D eigenvalue weighted by Gasteiger charge is 2.30. The monoisotopic (exact) mass is 292 g/mol. The number of hydrogen-bond donors (Lipinski definition) is 2. The first kappa shape index (κ1) is 18.4. The first-order valence-electron chi connectivity index (χ1n) is 6.66. The Morgan fingerprint density at radius 1 is 1.32 bits per heavy atom. The molecule has 6 heteroatoms. The van der Waals surface area contributed by atoms with E-state index in [2.05, 4.69) is 19.2 Å². The Morgan fingerprint density at radius 3 is 2.21 bits per heavy atom. The molecule has 3 N–H and O–H groups in total. The third-order valence-electron chi connectivity index (χ3n) is 3.33. The number of nitrogens with two attached hydrogens (primary N) is 1. The topological polar surface area (TPSA) is 89.3 Å². The summed E-state index contributed by atoms with van der Waals surface area (Å²) in [7, 11) is -3.19. The summed E-state index contributed by atoms with van der Waals surface area (Å²) in [6, 6.07) is 0. The summed E-state index contributed by atoms with van der Waals surface area (Å²) in [6.07, 6.45) is 2.44. The van der Waals surface area contributed by atoms with Gasteiger partial charge in [-0.25, -0.2) is 8.42 Å². The molecule has 0 aromatic heterocycles. The highest BCUT2D eigenvalue weighted by molar-refractivity contribution is 7.92. The molecule has 114 valence electrons. The molecule has 0 saturated carbocycles. The first-order chi connectivity index (χ1) is 8.49. The molecule has 0 saturated heterocycles. The number of amides is 1. The van der Waals surface area contributed by atoms with Crippen molar-refractivity contribution in [3.05, 3.63) is 0 Å². The van der Waals surface area contributed by atoms with Crippen molar-refractivity contribution in [2.45, 2.75) is 45.3 Å². The summed E-state index contributed by atoms with van der Waals surface area (Å²) >= 11 is 0. The van der Waals surface area contributed by atoms with E-state index >= 15 is 0 Å². The van der Waals surface area contributed by atoms with Crippen LogP contribution < -0.4 is 11.1 Å². The third kappa shape index (κ3) is 6.92. The number of sulfone groups is 1. The maximum Gasteiger partial charge on any atom is 0.220 e. The van der Waals surface area contributed by atoms with Gasteiger partial charge >= 0.3 is 0 Å². The normalized spacial score (nSPS) is 14.5. The van der Waals surface area contributed by atoms with E-state index in [9.17, 15) is 13.2 Å². The van der Waals surface area contributed by atoms with E-state index in [4.69, 9.17) is 5.73 Å². The van der Waals surface area contributed by atoms with Crippen LogP contribution in [-0.2, 0) is 14.6 Å². The fraction of sp³-hybridized carbons (Fsp3) is 0.923. The van der Waals surface area contributed by atoms with Gasteiger partial charge in [-0.1, -0.05) is 13.8 Å². The van der Waals surface area contributed by atoms with Crippen molar-refractivity contribution in [3.63, 3.8) is 0 Å². The van der Waals surface area contributed by atoms with Crippen LogP contribution in [0.2, 0.25) is 0 Å². The lowest BCUT2D eigenvalue weighted by atomic mass is 9.94. The molecule has 0 aliphatic heterocycles. The van der Waals surface area contributed by atoms with Crippen LogP contribution in [-0.4, -0.2) is 38.4 Å². The Labute approximate surface area is 117 Å². The van der Waals surface area contributed by atoms with Gasteiger partial charge in [0.25, 0.3) is 0 Å².